The Morgan fingerprint density at radius 1 is 1.16 bits per heavy atom. The highest BCUT2D eigenvalue weighted by molar-refractivity contribution is 9.10. The number of nitrogens with one attached hydrogen (secondary N) is 1. The van der Waals surface area contributed by atoms with Crippen LogP contribution in [0.1, 0.15) is 38.8 Å². The minimum absolute atomic E-state index is 0.111. The van der Waals surface area contributed by atoms with Crippen molar-refractivity contribution in [3.05, 3.63) is 75.0 Å². The van der Waals surface area contributed by atoms with Crippen LogP contribution in [-0.2, 0) is 22.3 Å². The van der Waals surface area contributed by atoms with E-state index in [2.05, 4.69) is 21.2 Å². The van der Waals surface area contributed by atoms with E-state index in [1.54, 1.807) is 20.8 Å². The second-order valence-corrected chi connectivity index (χ2v) is 10.3. The smallest absolute Gasteiger partial charge is 0.417 e. The molecule has 0 saturated heterocycles. The molecule has 0 aromatic heterocycles. The molecule has 2 amide bonds. The number of aliphatic hydroxyl groups is 1. The van der Waals surface area contributed by atoms with Gasteiger partial charge in [0.2, 0.25) is 6.41 Å². The average Bonchev–Trinajstić information content (AvgIpc) is 2.78. The Morgan fingerprint density at radius 3 is 2.32 bits per heavy atom. The van der Waals surface area contributed by atoms with Crippen molar-refractivity contribution in [3.8, 4) is 0 Å². The molecule has 2 rings (SSSR count). The van der Waals surface area contributed by atoms with Crippen LogP contribution in [0.3, 0.4) is 0 Å². The molecule has 0 aliphatic rings. The van der Waals surface area contributed by atoms with Gasteiger partial charge in [0, 0.05) is 22.8 Å². The highest BCUT2D eigenvalue weighted by Gasteiger charge is 2.37. The molecule has 0 aliphatic heterocycles. The number of halogens is 6. The maximum Gasteiger partial charge on any atom is 0.417 e. The van der Waals surface area contributed by atoms with Crippen LogP contribution in [0.2, 0.25) is 0 Å². The maximum absolute atomic E-state index is 14.2. The highest BCUT2D eigenvalue weighted by atomic mass is 79.9. The van der Waals surface area contributed by atoms with E-state index in [1.807, 2.05) is 0 Å². The summed E-state index contributed by atoms with van der Waals surface area (Å²) in [7, 11) is 1.42. The number of aliphatic hydroxyl groups excluding tert-OH is 1. The zero-order chi connectivity index (χ0) is 28.3. The van der Waals surface area contributed by atoms with Gasteiger partial charge in [0.05, 0.1) is 23.7 Å². The first kappa shape index (κ1) is 30.2. The van der Waals surface area contributed by atoms with Crippen molar-refractivity contribution in [2.75, 3.05) is 12.4 Å². The molecule has 0 aliphatic carbocycles. The van der Waals surface area contributed by atoms with Crippen molar-refractivity contribution in [1.29, 1.82) is 0 Å². The van der Waals surface area contributed by atoms with E-state index in [1.165, 1.54) is 37.2 Å². The van der Waals surface area contributed by atoms with Crippen molar-refractivity contribution in [1.82, 2.24) is 10.0 Å². The number of benzene rings is 2. The number of carbonyl (C=O) groups excluding carboxylic acids is 2. The van der Waals surface area contributed by atoms with E-state index >= 15 is 0 Å². The topological polar surface area (TPSA) is 72.9 Å². The normalized spacial score (nSPS) is 13.7. The number of hydrogen-bond acceptors (Lipinski definition) is 4. The Bertz CT molecular complexity index is 1200. The molecular formula is C25H27BrF5N3O3. The van der Waals surface area contributed by atoms with Gasteiger partial charge in [-0.2, -0.15) is 13.2 Å². The van der Waals surface area contributed by atoms with Crippen molar-refractivity contribution >= 4 is 33.9 Å². The summed E-state index contributed by atoms with van der Waals surface area (Å²) in [5.41, 5.74) is -2.27. The minimum Gasteiger partial charge on any atom is -0.510 e. The zero-order valence-electron chi connectivity index (χ0n) is 20.8. The van der Waals surface area contributed by atoms with Crippen molar-refractivity contribution < 1.29 is 36.6 Å². The van der Waals surface area contributed by atoms with Gasteiger partial charge in [-0.25, -0.2) is 13.8 Å². The van der Waals surface area contributed by atoms with E-state index < -0.39 is 46.5 Å². The molecule has 0 spiro atoms. The predicted octanol–water partition coefficient (Wildman–Crippen LogP) is 6.44. The number of anilines is 1. The summed E-state index contributed by atoms with van der Waals surface area (Å²) in [5, 5.41) is 15.7. The molecule has 0 bridgehead atoms. The number of hydrogen-bond donors (Lipinski definition) is 2. The molecule has 0 heterocycles. The highest BCUT2D eigenvalue weighted by Crippen LogP contribution is 2.37. The van der Waals surface area contributed by atoms with E-state index in [9.17, 15) is 36.6 Å². The number of rotatable bonds is 8. The van der Waals surface area contributed by atoms with Gasteiger partial charge in [0.1, 0.15) is 5.76 Å². The molecule has 2 aromatic rings. The van der Waals surface area contributed by atoms with Crippen LogP contribution >= 0.6 is 15.9 Å². The number of amides is 2. The molecule has 1 unspecified atom stereocenters. The molecule has 37 heavy (non-hydrogen) atoms. The first-order chi connectivity index (χ1) is 17.0. The molecule has 202 valence electrons. The van der Waals surface area contributed by atoms with Crippen LogP contribution in [0.25, 0.3) is 0 Å². The lowest BCUT2D eigenvalue weighted by Gasteiger charge is -2.42. The lowest BCUT2D eigenvalue weighted by molar-refractivity contribution is -0.142. The number of carbonyl (C=O) groups is 2. The summed E-state index contributed by atoms with van der Waals surface area (Å²) in [4.78, 5) is 24.7. The number of alkyl halides is 3. The molecule has 12 heteroatoms. The summed E-state index contributed by atoms with van der Waals surface area (Å²) in [6, 6.07) is 5.66. The average molecular weight is 592 g/mol. The second-order valence-electron chi connectivity index (χ2n) is 9.41. The molecule has 6 nitrogen and oxygen atoms in total. The van der Waals surface area contributed by atoms with Crippen molar-refractivity contribution in [2.24, 2.45) is 5.41 Å². The second kappa shape index (κ2) is 11.6. The standard InChI is InChI=1S/C25H27BrF5N3O3/c1-14(23(37)32-16-9-10-18(26)17(11-16)25(29,30)31)21(36)22(24(2,3)4)33(5)34(13-35)12-15-7-6-8-19(27)20(15)28/h6-11,13,22,36H,12H2,1-5H3,(H,32,37)/b21-14-. The maximum atomic E-state index is 14.2. The van der Waals surface area contributed by atoms with Crippen LogP contribution in [0.5, 0.6) is 0 Å². The lowest BCUT2D eigenvalue weighted by atomic mass is 9.84. The molecular weight excluding hydrogens is 565 g/mol. The van der Waals surface area contributed by atoms with E-state index in [0.717, 1.165) is 23.2 Å². The molecule has 2 aromatic carbocycles. The molecule has 0 saturated carbocycles. The monoisotopic (exact) mass is 591 g/mol. The fourth-order valence-corrected chi connectivity index (χ4v) is 4.20. The third kappa shape index (κ3) is 7.29. The van der Waals surface area contributed by atoms with E-state index in [4.69, 9.17) is 0 Å². The third-order valence-corrected chi connectivity index (χ3v) is 6.29. The van der Waals surface area contributed by atoms with Crippen LogP contribution in [0, 0.1) is 17.0 Å². The lowest BCUT2D eigenvalue weighted by Crippen LogP contribution is -2.52. The Hall–Kier alpha value is -2.99. The van der Waals surface area contributed by atoms with Gasteiger partial charge in [-0.15, -0.1) is 0 Å². The van der Waals surface area contributed by atoms with Crippen LogP contribution in [-0.4, -0.2) is 40.5 Å². The quantitative estimate of drug-likeness (QED) is 0.122. The fourth-order valence-electron chi connectivity index (χ4n) is 3.73. The number of likely N-dealkylation sites (N-methyl/N-ethyl adjacent to an activating group) is 1. The van der Waals surface area contributed by atoms with Crippen molar-refractivity contribution in [2.45, 2.75) is 46.5 Å². The fraction of sp³-hybridized carbons (Fsp3) is 0.360. The Kier molecular flexibility index (Phi) is 9.48. The van der Waals surface area contributed by atoms with Gasteiger partial charge in [0.25, 0.3) is 5.91 Å². The van der Waals surface area contributed by atoms with E-state index in [0.29, 0.717) is 6.41 Å². The minimum atomic E-state index is -4.66. The van der Waals surface area contributed by atoms with Crippen LogP contribution in [0.15, 0.2) is 52.2 Å². The van der Waals surface area contributed by atoms with Gasteiger partial charge in [0.15, 0.2) is 11.6 Å². The summed E-state index contributed by atoms with van der Waals surface area (Å²) in [6.45, 7) is 6.05. The predicted molar refractivity (Wildman–Crippen MR) is 132 cm³/mol. The number of hydrazine groups is 1. The first-order valence-electron chi connectivity index (χ1n) is 10.9. The summed E-state index contributed by atoms with van der Waals surface area (Å²) < 4.78 is 67.3. The van der Waals surface area contributed by atoms with Gasteiger partial charge in [-0.3, -0.25) is 14.6 Å². The SMILES string of the molecule is C/C(C(=O)Nc1ccc(Br)c(C(F)(F)F)c1)=C(/O)C(N(C)N(C=O)Cc1cccc(F)c1F)C(C)(C)C. The Labute approximate surface area is 219 Å². The zero-order valence-corrected chi connectivity index (χ0v) is 22.3. The molecule has 0 fully saturated rings. The van der Waals surface area contributed by atoms with Crippen molar-refractivity contribution in [3.63, 3.8) is 0 Å². The first-order valence-corrected chi connectivity index (χ1v) is 11.7. The Balaban J connectivity index is 2.39. The van der Waals surface area contributed by atoms with Gasteiger partial charge < -0.3 is 10.4 Å². The largest absolute Gasteiger partial charge is 0.510 e. The molecule has 1 atom stereocenters. The number of nitrogens with zero attached hydrogens (tertiary/aromatic N) is 2. The van der Waals surface area contributed by atoms with Gasteiger partial charge >= 0.3 is 6.18 Å². The molecule has 0 radical (unpaired) electrons. The van der Waals surface area contributed by atoms with Crippen LogP contribution in [0.4, 0.5) is 27.6 Å². The summed E-state index contributed by atoms with van der Waals surface area (Å²) >= 11 is 2.83. The summed E-state index contributed by atoms with van der Waals surface area (Å²) in [5.74, 6) is -3.55. The van der Waals surface area contributed by atoms with Gasteiger partial charge in [-0.1, -0.05) is 48.8 Å². The third-order valence-electron chi connectivity index (χ3n) is 5.60. The van der Waals surface area contributed by atoms with E-state index in [-0.39, 0.29) is 27.8 Å². The Morgan fingerprint density at radius 2 is 1.78 bits per heavy atom. The summed E-state index contributed by atoms with van der Waals surface area (Å²) in [6.07, 6.45) is -4.29. The van der Waals surface area contributed by atoms with Crippen LogP contribution < -0.4 is 5.32 Å². The van der Waals surface area contributed by atoms with Gasteiger partial charge in [-0.05, 0) is 36.6 Å². The molecule has 2 N–H and O–H groups in total.